The Morgan fingerprint density at radius 2 is 2.04 bits per heavy atom. The maximum absolute atomic E-state index is 12.1. The van der Waals surface area contributed by atoms with Gasteiger partial charge in [-0.1, -0.05) is 13.8 Å². The number of ether oxygens (including phenoxy) is 1. The highest BCUT2D eigenvalue weighted by Crippen LogP contribution is 2.41. The average Bonchev–Trinajstić information content (AvgIpc) is 2.45. The van der Waals surface area contributed by atoms with Crippen LogP contribution in [0.25, 0.3) is 0 Å². The fourth-order valence-electron chi connectivity index (χ4n) is 3.54. The van der Waals surface area contributed by atoms with Crippen LogP contribution in [0.4, 0.5) is 10.5 Å². The first kappa shape index (κ1) is 18.6. The van der Waals surface area contributed by atoms with Crippen molar-refractivity contribution in [2.24, 2.45) is 11.8 Å². The Labute approximate surface area is 145 Å². The summed E-state index contributed by atoms with van der Waals surface area (Å²) in [5.74, 6) is 1.46. The van der Waals surface area contributed by atoms with E-state index in [2.05, 4.69) is 24.1 Å². The van der Waals surface area contributed by atoms with Crippen molar-refractivity contribution >= 4 is 11.8 Å². The molecule has 0 spiro atoms. The average molecular weight is 333 g/mol. The second-order valence-electron chi connectivity index (χ2n) is 8.26. The zero-order valence-corrected chi connectivity index (χ0v) is 15.5. The summed E-state index contributed by atoms with van der Waals surface area (Å²) >= 11 is 0. The number of aromatic nitrogens is 1. The van der Waals surface area contributed by atoms with Crippen LogP contribution in [0.2, 0.25) is 0 Å². The van der Waals surface area contributed by atoms with Crippen LogP contribution in [0.15, 0.2) is 18.5 Å². The van der Waals surface area contributed by atoms with Gasteiger partial charge < -0.3 is 15.8 Å². The summed E-state index contributed by atoms with van der Waals surface area (Å²) in [6, 6.07) is 2.12. The Balaban J connectivity index is 2.11. The fraction of sp³-hybridized carbons (Fsp3) is 0.684. The minimum atomic E-state index is -0.481. The molecule has 0 saturated heterocycles. The maximum Gasteiger partial charge on any atom is 0.407 e. The van der Waals surface area contributed by atoms with Crippen molar-refractivity contribution < 1.29 is 9.53 Å². The smallest absolute Gasteiger partial charge is 0.407 e. The van der Waals surface area contributed by atoms with Gasteiger partial charge in [0, 0.05) is 12.2 Å². The van der Waals surface area contributed by atoms with E-state index in [0.29, 0.717) is 17.8 Å². The van der Waals surface area contributed by atoms with E-state index in [0.717, 1.165) is 30.5 Å². The first-order valence-corrected chi connectivity index (χ1v) is 8.84. The van der Waals surface area contributed by atoms with Gasteiger partial charge in [0.2, 0.25) is 0 Å². The lowest BCUT2D eigenvalue weighted by atomic mass is 9.71. The van der Waals surface area contributed by atoms with Gasteiger partial charge in [-0.25, -0.2) is 4.79 Å². The van der Waals surface area contributed by atoms with E-state index in [4.69, 9.17) is 10.5 Å². The summed E-state index contributed by atoms with van der Waals surface area (Å²) in [7, 11) is 0. The highest BCUT2D eigenvalue weighted by Gasteiger charge is 2.33. The van der Waals surface area contributed by atoms with Crippen molar-refractivity contribution in [2.75, 3.05) is 5.73 Å². The number of amides is 1. The molecule has 134 valence electrons. The molecule has 3 N–H and O–H groups in total. The summed E-state index contributed by atoms with van der Waals surface area (Å²) in [6.45, 7) is 10.1. The number of anilines is 1. The van der Waals surface area contributed by atoms with Gasteiger partial charge in [0.05, 0.1) is 11.9 Å². The molecule has 1 aliphatic carbocycles. The van der Waals surface area contributed by atoms with Gasteiger partial charge >= 0.3 is 6.09 Å². The largest absolute Gasteiger partial charge is 0.444 e. The van der Waals surface area contributed by atoms with E-state index in [1.54, 1.807) is 12.4 Å². The Morgan fingerprint density at radius 3 is 2.62 bits per heavy atom. The van der Waals surface area contributed by atoms with Gasteiger partial charge in [-0.3, -0.25) is 4.98 Å². The van der Waals surface area contributed by atoms with Gasteiger partial charge in [-0.05, 0) is 69.4 Å². The van der Waals surface area contributed by atoms with Gasteiger partial charge in [0.25, 0.3) is 0 Å². The molecule has 1 aliphatic rings. The number of hydrogen-bond donors (Lipinski definition) is 2. The summed E-state index contributed by atoms with van der Waals surface area (Å²) in [4.78, 5) is 16.2. The second-order valence-corrected chi connectivity index (χ2v) is 8.26. The lowest BCUT2D eigenvalue weighted by Crippen LogP contribution is -2.43. The minimum Gasteiger partial charge on any atom is -0.444 e. The molecule has 0 aromatic carbocycles. The Bertz CT molecular complexity index is 566. The summed E-state index contributed by atoms with van der Waals surface area (Å²) in [6.07, 6.45) is 6.14. The molecular weight excluding hydrogens is 302 g/mol. The Hall–Kier alpha value is -1.78. The Kier molecular flexibility index (Phi) is 5.73. The van der Waals surface area contributed by atoms with E-state index < -0.39 is 5.60 Å². The number of carbonyl (C=O) groups is 1. The fourth-order valence-corrected chi connectivity index (χ4v) is 3.54. The Morgan fingerprint density at radius 1 is 1.33 bits per heavy atom. The van der Waals surface area contributed by atoms with Crippen molar-refractivity contribution in [3.05, 3.63) is 24.0 Å². The zero-order chi connectivity index (χ0) is 17.9. The van der Waals surface area contributed by atoms with E-state index >= 15 is 0 Å². The molecule has 0 unspecified atom stereocenters. The first-order chi connectivity index (χ1) is 11.2. The molecule has 2 rings (SSSR count). The molecule has 1 saturated carbocycles. The molecule has 5 heteroatoms. The third kappa shape index (κ3) is 5.11. The van der Waals surface area contributed by atoms with Crippen molar-refractivity contribution in [3.63, 3.8) is 0 Å². The topological polar surface area (TPSA) is 77.2 Å². The minimum absolute atomic E-state index is 0.110. The molecule has 1 aromatic rings. The van der Waals surface area contributed by atoms with Crippen molar-refractivity contribution in [2.45, 2.75) is 71.4 Å². The molecule has 1 amide bonds. The van der Waals surface area contributed by atoms with Crippen molar-refractivity contribution in [3.8, 4) is 0 Å². The zero-order valence-electron chi connectivity index (χ0n) is 15.5. The third-order valence-corrected chi connectivity index (χ3v) is 4.73. The van der Waals surface area contributed by atoms with Gasteiger partial charge in [-0.2, -0.15) is 0 Å². The summed E-state index contributed by atoms with van der Waals surface area (Å²) in [5, 5.41) is 3.06. The van der Waals surface area contributed by atoms with Crippen molar-refractivity contribution in [1.82, 2.24) is 10.3 Å². The number of alkyl carbamates (subject to hydrolysis) is 1. The van der Waals surface area contributed by atoms with Crippen LogP contribution in [-0.4, -0.2) is 22.7 Å². The van der Waals surface area contributed by atoms with E-state index in [-0.39, 0.29) is 12.1 Å². The lowest BCUT2D eigenvalue weighted by molar-refractivity contribution is 0.0473. The van der Waals surface area contributed by atoms with Gasteiger partial charge in [-0.15, -0.1) is 0 Å². The maximum atomic E-state index is 12.1. The summed E-state index contributed by atoms with van der Waals surface area (Å²) in [5.41, 5.74) is 7.53. The predicted molar refractivity (Wildman–Crippen MR) is 96.7 cm³/mol. The van der Waals surface area contributed by atoms with Crippen LogP contribution >= 0.6 is 0 Å². The van der Waals surface area contributed by atoms with Crippen LogP contribution in [0.1, 0.15) is 65.4 Å². The molecule has 0 aliphatic heterocycles. The SMILES string of the molecule is CC(C)[C@H]1C[C@@H](NC(=O)OC(C)(C)C)C[C@@H](c2ccncc2N)C1. The number of hydrogen-bond acceptors (Lipinski definition) is 4. The standard InChI is InChI=1S/C19H31N3O2/c1-12(2)13-8-14(16-6-7-21-11-17(16)20)10-15(9-13)22-18(23)24-19(3,4)5/h6-7,11-15H,8-10,20H2,1-5H3,(H,22,23)/t13-,14+,15-/m1/s1. The van der Waals surface area contributed by atoms with Crippen LogP contribution in [0.3, 0.4) is 0 Å². The number of nitrogens with zero attached hydrogens (tertiary/aromatic N) is 1. The molecule has 0 radical (unpaired) electrons. The number of pyridine rings is 1. The normalized spacial score (nSPS) is 24.7. The quantitative estimate of drug-likeness (QED) is 0.873. The number of carbonyl (C=O) groups excluding carboxylic acids is 1. The van der Waals surface area contributed by atoms with Crippen LogP contribution < -0.4 is 11.1 Å². The van der Waals surface area contributed by atoms with E-state index in [1.165, 1.54) is 0 Å². The highest BCUT2D eigenvalue weighted by molar-refractivity contribution is 5.68. The number of nitrogens with two attached hydrogens (primary N) is 1. The van der Waals surface area contributed by atoms with E-state index in [9.17, 15) is 4.79 Å². The van der Waals surface area contributed by atoms with Crippen molar-refractivity contribution in [1.29, 1.82) is 0 Å². The van der Waals surface area contributed by atoms with Gasteiger partial charge in [0.1, 0.15) is 5.60 Å². The predicted octanol–water partition coefficient (Wildman–Crippen LogP) is 4.10. The molecule has 0 bridgehead atoms. The van der Waals surface area contributed by atoms with Gasteiger partial charge in [0.15, 0.2) is 0 Å². The highest BCUT2D eigenvalue weighted by atomic mass is 16.6. The van der Waals surface area contributed by atoms with Crippen LogP contribution in [-0.2, 0) is 4.74 Å². The second kappa shape index (κ2) is 7.41. The third-order valence-electron chi connectivity index (χ3n) is 4.73. The van der Waals surface area contributed by atoms with E-state index in [1.807, 2.05) is 26.8 Å². The molecule has 1 aromatic heterocycles. The van der Waals surface area contributed by atoms with Crippen LogP contribution in [0.5, 0.6) is 0 Å². The molecule has 1 heterocycles. The molecule has 3 atom stereocenters. The summed E-state index contributed by atoms with van der Waals surface area (Å²) < 4.78 is 5.42. The van der Waals surface area contributed by atoms with Crippen LogP contribution in [0, 0.1) is 11.8 Å². The molecule has 1 fully saturated rings. The number of rotatable bonds is 3. The molecule has 5 nitrogen and oxygen atoms in total. The first-order valence-electron chi connectivity index (χ1n) is 8.84. The molecule has 24 heavy (non-hydrogen) atoms. The number of nitrogens with one attached hydrogen (secondary N) is 1. The monoisotopic (exact) mass is 333 g/mol. The lowest BCUT2D eigenvalue weighted by Gasteiger charge is -2.38. The number of nitrogen functional groups attached to an aromatic ring is 1. The molecular formula is C19H31N3O2.